The van der Waals surface area contributed by atoms with E-state index in [1.165, 1.54) is 0 Å². The van der Waals surface area contributed by atoms with E-state index in [4.69, 9.17) is 12.2 Å². The monoisotopic (exact) mass is 392 g/mol. The minimum absolute atomic E-state index is 0.0219. The Morgan fingerprint density at radius 2 is 1.89 bits per heavy atom. The molecule has 4 rings (SSSR count). The van der Waals surface area contributed by atoms with Gasteiger partial charge in [0, 0.05) is 30.3 Å². The van der Waals surface area contributed by atoms with Crippen LogP contribution >= 0.6 is 12.2 Å². The Hall–Kier alpha value is -2.86. The van der Waals surface area contributed by atoms with Gasteiger partial charge in [-0.15, -0.1) is 0 Å². The molecule has 0 aliphatic carbocycles. The van der Waals surface area contributed by atoms with E-state index < -0.39 is 0 Å². The number of phenols is 1. The van der Waals surface area contributed by atoms with Gasteiger partial charge in [0.15, 0.2) is 5.11 Å². The summed E-state index contributed by atoms with van der Waals surface area (Å²) in [5.41, 5.74) is 3.11. The third kappa shape index (κ3) is 3.47. The first kappa shape index (κ1) is 18.5. The molecule has 2 atom stereocenters. The van der Waals surface area contributed by atoms with Crippen molar-refractivity contribution in [3.8, 4) is 11.4 Å². The van der Waals surface area contributed by atoms with Crippen LogP contribution < -0.4 is 5.32 Å². The number of nitrogens with one attached hydrogen (secondary N) is 1. The lowest BCUT2D eigenvalue weighted by Crippen LogP contribution is -2.33. The van der Waals surface area contributed by atoms with E-state index in [1.54, 1.807) is 12.1 Å². The molecule has 144 valence electrons. The highest BCUT2D eigenvalue weighted by Crippen LogP contribution is 2.39. The Labute approximate surface area is 170 Å². The molecule has 5 nitrogen and oxygen atoms in total. The van der Waals surface area contributed by atoms with Crippen LogP contribution in [-0.4, -0.2) is 31.2 Å². The average Bonchev–Trinajstić information content (AvgIpc) is 3.28. The summed E-state index contributed by atoms with van der Waals surface area (Å²) >= 11 is 5.71. The van der Waals surface area contributed by atoms with Gasteiger partial charge in [0.25, 0.3) is 0 Å². The molecule has 1 fully saturated rings. The molecular formula is C22H24N4OS. The average molecular weight is 393 g/mol. The number of nitrogens with zero attached hydrogens (tertiary/aromatic N) is 3. The number of phenolic OH excluding ortho intramolecular Hbond substituents is 1. The highest BCUT2D eigenvalue weighted by molar-refractivity contribution is 7.80. The first-order valence-corrected chi connectivity index (χ1v) is 9.90. The molecule has 0 unspecified atom stereocenters. The van der Waals surface area contributed by atoms with Crippen LogP contribution in [0.25, 0.3) is 5.69 Å². The summed E-state index contributed by atoms with van der Waals surface area (Å²) < 4.78 is 2.16. The Morgan fingerprint density at radius 1 is 1.11 bits per heavy atom. The number of benzene rings is 1. The molecule has 28 heavy (non-hydrogen) atoms. The van der Waals surface area contributed by atoms with Crippen LogP contribution in [0.4, 0.5) is 0 Å². The maximum Gasteiger partial charge on any atom is 0.170 e. The summed E-state index contributed by atoms with van der Waals surface area (Å²) in [5.74, 6) is 0.732. The first-order chi connectivity index (χ1) is 13.5. The third-order valence-corrected chi connectivity index (χ3v) is 5.32. The molecule has 2 aromatic heterocycles. The maximum absolute atomic E-state index is 9.65. The predicted molar refractivity (Wildman–Crippen MR) is 114 cm³/mol. The zero-order valence-electron chi connectivity index (χ0n) is 16.0. The van der Waals surface area contributed by atoms with Crippen molar-refractivity contribution < 1.29 is 5.11 Å². The third-order valence-electron chi connectivity index (χ3n) is 4.97. The second-order valence-corrected chi connectivity index (χ2v) is 7.88. The molecule has 0 spiro atoms. The Balaban J connectivity index is 1.80. The van der Waals surface area contributed by atoms with Crippen molar-refractivity contribution in [3.05, 3.63) is 78.4 Å². The standard InChI is InChI=1S/C22H24N4OS/c1-15(2)14-26-21(20(24-22(26)28)18-6-3-4-12-23-18)19-7-5-13-25(19)16-8-10-17(27)11-9-16/h3-13,15,20-21,27H,14H2,1-2H3,(H,24,28)/t20-,21-/m0/s1. The number of thiocarbonyl (C=S) groups is 1. The van der Waals surface area contributed by atoms with Gasteiger partial charge in [-0.25, -0.2) is 0 Å². The quantitative estimate of drug-likeness (QED) is 0.637. The Bertz CT molecular complexity index is 952. The highest BCUT2D eigenvalue weighted by atomic mass is 32.1. The molecule has 0 amide bonds. The number of aromatic hydroxyl groups is 1. The lowest BCUT2D eigenvalue weighted by atomic mass is 10.0. The van der Waals surface area contributed by atoms with Crippen molar-refractivity contribution in [2.75, 3.05) is 6.54 Å². The second kappa shape index (κ2) is 7.64. The van der Waals surface area contributed by atoms with Crippen molar-refractivity contribution in [2.45, 2.75) is 25.9 Å². The van der Waals surface area contributed by atoms with Crippen molar-refractivity contribution >= 4 is 17.3 Å². The summed E-state index contributed by atoms with van der Waals surface area (Å²) in [6.45, 7) is 5.26. The van der Waals surface area contributed by atoms with Crippen LogP contribution in [0.5, 0.6) is 5.75 Å². The van der Waals surface area contributed by atoms with Gasteiger partial charge in [0.2, 0.25) is 0 Å². The zero-order chi connectivity index (χ0) is 19.7. The van der Waals surface area contributed by atoms with Crippen LogP contribution in [-0.2, 0) is 0 Å². The Kier molecular flexibility index (Phi) is 5.05. The number of hydrogen-bond donors (Lipinski definition) is 2. The molecular weight excluding hydrogens is 368 g/mol. The number of rotatable bonds is 5. The summed E-state index contributed by atoms with van der Waals surface area (Å²) in [7, 11) is 0. The molecule has 2 N–H and O–H groups in total. The van der Waals surface area contributed by atoms with E-state index in [0.717, 1.165) is 28.7 Å². The van der Waals surface area contributed by atoms with E-state index in [0.29, 0.717) is 5.92 Å². The zero-order valence-corrected chi connectivity index (χ0v) is 16.8. The molecule has 0 bridgehead atoms. The van der Waals surface area contributed by atoms with Crippen LogP contribution in [0.1, 0.15) is 37.3 Å². The van der Waals surface area contributed by atoms with Crippen molar-refractivity contribution in [2.24, 2.45) is 5.92 Å². The number of pyridine rings is 1. The van der Waals surface area contributed by atoms with Gasteiger partial charge in [-0.1, -0.05) is 19.9 Å². The second-order valence-electron chi connectivity index (χ2n) is 7.49. The minimum atomic E-state index is -0.0294. The first-order valence-electron chi connectivity index (χ1n) is 9.49. The van der Waals surface area contributed by atoms with Gasteiger partial charge in [0.1, 0.15) is 5.75 Å². The molecule has 1 aromatic carbocycles. The normalized spacial score (nSPS) is 19.2. The van der Waals surface area contributed by atoms with Gasteiger partial charge < -0.3 is 19.9 Å². The van der Waals surface area contributed by atoms with Crippen LogP contribution in [0.3, 0.4) is 0 Å². The van der Waals surface area contributed by atoms with Crippen LogP contribution in [0, 0.1) is 5.92 Å². The molecule has 6 heteroatoms. The molecule has 1 aliphatic heterocycles. The summed E-state index contributed by atoms with van der Waals surface area (Å²) in [4.78, 5) is 6.86. The van der Waals surface area contributed by atoms with Crippen molar-refractivity contribution in [1.82, 2.24) is 19.8 Å². The fourth-order valence-corrected chi connectivity index (χ4v) is 4.12. The van der Waals surface area contributed by atoms with E-state index in [9.17, 15) is 5.11 Å². The van der Waals surface area contributed by atoms with Crippen LogP contribution in [0.15, 0.2) is 67.0 Å². The van der Waals surface area contributed by atoms with Crippen LogP contribution in [0.2, 0.25) is 0 Å². The highest BCUT2D eigenvalue weighted by Gasteiger charge is 2.41. The topological polar surface area (TPSA) is 53.3 Å². The van der Waals surface area contributed by atoms with Crippen molar-refractivity contribution in [3.63, 3.8) is 0 Å². The van der Waals surface area contributed by atoms with Gasteiger partial charge in [-0.3, -0.25) is 4.98 Å². The van der Waals surface area contributed by atoms with Gasteiger partial charge in [-0.05, 0) is 66.7 Å². The molecule has 1 saturated heterocycles. The largest absolute Gasteiger partial charge is 0.508 e. The van der Waals surface area contributed by atoms with Gasteiger partial charge in [-0.2, -0.15) is 0 Å². The molecule has 0 radical (unpaired) electrons. The predicted octanol–water partition coefficient (Wildman–Crippen LogP) is 4.21. The fraction of sp³-hybridized carbons (Fsp3) is 0.273. The van der Waals surface area contributed by atoms with Gasteiger partial charge in [0.05, 0.1) is 17.8 Å². The van der Waals surface area contributed by atoms with Crippen molar-refractivity contribution in [1.29, 1.82) is 0 Å². The Morgan fingerprint density at radius 3 is 2.57 bits per heavy atom. The number of aromatic nitrogens is 2. The lowest BCUT2D eigenvalue weighted by molar-refractivity contribution is 0.280. The molecule has 3 heterocycles. The van der Waals surface area contributed by atoms with E-state index in [-0.39, 0.29) is 17.8 Å². The fourth-order valence-electron chi connectivity index (χ4n) is 3.80. The SMILES string of the molecule is CC(C)CN1C(=S)N[C@@H](c2ccccn2)[C@@H]1c1cccn1-c1ccc(O)cc1. The van der Waals surface area contributed by atoms with E-state index >= 15 is 0 Å². The van der Waals surface area contributed by atoms with Gasteiger partial charge >= 0.3 is 0 Å². The number of hydrogen-bond acceptors (Lipinski definition) is 3. The summed E-state index contributed by atoms with van der Waals surface area (Å²) in [6.07, 6.45) is 3.87. The lowest BCUT2D eigenvalue weighted by Gasteiger charge is -2.30. The maximum atomic E-state index is 9.65. The molecule has 3 aromatic rings. The minimum Gasteiger partial charge on any atom is -0.508 e. The summed E-state index contributed by atoms with van der Waals surface area (Å²) in [5, 5.41) is 13.9. The van der Waals surface area contributed by atoms with E-state index in [1.807, 2.05) is 48.8 Å². The molecule has 0 saturated carbocycles. The van der Waals surface area contributed by atoms with E-state index in [2.05, 4.69) is 39.7 Å². The summed E-state index contributed by atoms with van der Waals surface area (Å²) in [6, 6.07) is 17.4. The smallest absolute Gasteiger partial charge is 0.170 e. The molecule has 1 aliphatic rings.